The van der Waals surface area contributed by atoms with E-state index in [0.717, 1.165) is 12.0 Å². The SMILES string of the molecule is C[C@H](OC(=O)c1cccs1)C(=O)NCCc1ccccc1. The smallest absolute Gasteiger partial charge is 0.349 e. The molecule has 1 atom stereocenters. The summed E-state index contributed by atoms with van der Waals surface area (Å²) in [6.07, 6.45) is -0.0478. The number of carbonyl (C=O) groups excluding carboxylic acids is 2. The molecule has 2 rings (SSSR count). The molecule has 2 aromatic rings. The Bertz CT molecular complexity index is 581. The minimum Gasteiger partial charge on any atom is -0.448 e. The van der Waals surface area contributed by atoms with Crippen LogP contribution in [0.25, 0.3) is 0 Å². The molecule has 0 aliphatic carbocycles. The van der Waals surface area contributed by atoms with Gasteiger partial charge in [0.05, 0.1) is 0 Å². The molecule has 21 heavy (non-hydrogen) atoms. The van der Waals surface area contributed by atoms with Crippen LogP contribution in [0.1, 0.15) is 22.2 Å². The minimum atomic E-state index is -0.796. The molecule has 1 N–H and O–H groups in total. The number of nitrogens with one attached hydrogen (secondary N) is 1. The number of amides is 1. The second-order valence-electron chi connectivity index (χ2n) is 4.55. The molecule has 0 aliphatic rings. The fourth-order valence-electron chi connectivity index (χ4n) is 1.79. The lowest BCUT2D eigenvalue weighted by atomic mass is 10.1. The molecule has 0 saturated heterocycles. The number of ether oxygens (including phenoxy) is 1. The first-order chi connectivity index (χ1) is 10.2. The molecule has 110 valence electrons. The van der Waals surface area contributed by atoms with Crippen LogP contribution < -0.4 is 5.32 Å². The molecule has 1 aromatic heterocycles. The van der Waals surface area contributed by atoms with Crippen LogP contribution >= 0.6 is 11.3 Å². The van der Waals surface area contributed by atoms with Crippen molar-refractivity contribution < 1.29 is 14.3 Å². The Morgan fingerprint density at radius 3 is 2.62 bits per heavy atom. The molecule has 4 nitrogen and oxygen atoms in total. The van der Waals surface area contributed by atoms with Crippen LogP contribution in [0, 0.1) is 0 Å². The van der Waals surface area contributed by atoms with Gasteiger partial charge in [-0.3, -0.25) is 4.79 Å². The van der Waals surface area contributed by atoms with Crippen molar-refractivity contribution in [3.8, 4) is 0 Å². The van der Waals surface area contributed by atoms with E-state index in [9.17, 15) is 9.59 Å². The van der Waals surface area contributed by atoms with Gasteiger partial charge in [0.1, 0.15) is 4.88 Å². The summed E-state index contributed by atoms with van der Waals surface area (Å²) >= 11 is 1.29. The maximum atomic E-state index is 11.9. The van der Waals surface area contributed by atoms with Gasteiger partial charge in [-0.25, -0.2) is 4.79 Å². The van der Waals surface area contributed by atoms with E-state index in [2.05, 4.69) is 5.32 Å². The lowest BCUT2D eigenvalue weighted by molar-refractivity contribution is -0.129. The highest BCUT2D eigenvalue weighted by Crippen LogP contribution is 2.11. The Balaban J connectivity index is 1.74. The number of rotatable bonds is 6. The van der Waals surface area contributed by atoms with E-state index in [1.54, 1.807) is 24.4 Å². The third-order valence-corrected chi connectivity index (χ3v) is 3.78. The summed E-state index contributed by atoms with van der Waals surface area (Å²) in [5.41, 5.74) is 1.15. The van der Waals surface area contributed by atoms with Crippen molar-refractivity contribution in [2.75, 3.05) is 6.54 Å². The molecule has 1 heterocycles. The van der Waals surface area contributed by atoms with Crippen LogP contribution in [-0.4, -0.2) is 24.5 Å². The van der Waals surface area contributed by atoms with Crippen molar-refractivity contribution in [2.45, 2.75) is 19.4 Å². The summed E-state index contributed by atoms with van der Waals surface area (Å²) < 4.78 is 5.12. The van der Waals surface area contributed by atoms with E-state index >= 15 is 0 Å². The van der Waals surface area contributed by atoms with Gasteiger partial charge in [-0.1, -0.05) is 36.4 Å². The summed E-state index contributed by atoms with van der Waals surface area (Å²) in [7, 11) is 0. The van der Waals surface area contributed by atoms with E-state index in [4.69, 9.17) is 4.74 Å². The van der Waals surface area contributed by atoms with Gasteiger partial charge in [-0.2, -0.15) is 0 Å². The summed E-state index contributed by atoms with van der Waals surface area (Å²) in [6.45, 7) is 2.09. The molecular formula is C16H17NO3S. The van der Waals surface area contributed by atoms with Crippen LogP contribution in [0.15, 0.2) is 47.8 Å². The molecule has 0 unspecified atom stereocenters. The number of benzene rings is 1. The highest BCUT2D eigenvalue weighted by atomic mass is 32.1. The van der Waals surface area contributed by atoms with E-state index < -0.39 is 12.1 Å². The normalized spacial score (nSPS) is 11.7. The van der Waals surface area contributed by atoms with Crippen LogP contribution in [-0.2, 0) is 16.0 Å². The Labute approximate surface area is 127 Å². The zero-order valence-electron chi connectivity index (χ0n) is 11.7. The predicted molar refractivity (Wildman–Crippen MR) is 82.4 cm³/mol. The Hall–Kier alpha value is -2.14. The largest absolute Gasteiger partial charge is 0.448 e. The summed E-state index contributed by atoms with van der Waals surface area (Å²) in [5, 5.41) is 4.56. The van der Waals surface area contributed by atoms with Gasteiger partial charge >= 0.3 is 5.97 Å². The number of carbonyl (C=O) groups is 2. The number of hydrogen-bond acceptors (Lipinski definition) is 4. The molecular weight excluding hydrogens is 286 g/mol. The average Bonchev–Trinajstić information content (AvgIpc) is 3.02. The maximum absolute atomic E-state index is 11.9. The maximum Gasteiger partial charge on any atom is 0.349 e. The van der Waals surface area contributed by atoms with Gasteiger partial charge in [0, 0.05) is 6.54 Å². The van der Waals surface area contributed by atoms with Gasteiger partial charge in [0.25, 0.3) is 5.91 Å². The lowest BCUT2D eigenvalue weighted by Crippen LogP contribution is -2.36. The molecule has 0 radical (unpaired) electrons. The van der Waals surface area contributed by atoms with E-state index in [-0.39, 0.29) is 5.91 Å². The third kappa shape index (κ3) is 4.72. The highest BCUT2D eigenvalue weighted by molar-refractivity contribution is 7.11. The van der Waals surface area contributed by atoms with Crippen molar-refractivity contribution in [2.24, 2.45) is 0 Å². The van der Waals surface area contributed by atoms with Gasteiger partial charge in [0.15, 0.2) is 6.10 Å². The quantitative estimate of drug-likeness (QED) is 0.835. The van der Waals surface area contributed by atoms with Gasteiger partial charge < -0.3 is 10.1 Å². The monoisotopic (exact) mass is 303 g/mol. The van der Waals surface area contributed by atoms with Crippen LogP contribution in [0.2, 0.25) is 0 Å². The fourth-order valence-corrected chi connectivity index (χ4v) is 2.39. The summed E-state index contributed by atoms with van der Waals surface area (Å²) in [4.78, 5) is 24.1. The molecule has 0 spiro atoms. The van der Waals surface area contributed by atoms with Gasteiger partial charge in [-0.15, -0.1) is 11.3 Å². The Kier molecular flexibility index (Phi) is 5.51. The van der Waals surface area contributed by atoms with Crippen molar-refractivity contribution in [3.05, 3.63) is 58.3 Å². The first kappa shape index (κ1) is 15.3. The van der Waals surface area contributed by atoms with E-state index in [0.29, 0.717) is 11.4 Å². The first-order valence-corrected chi connectivity index (χ1v) is 7.61. The minimum absolute atomic E-state index is 0.282. The Morgan fingerprint density at radius 1 is 1.19 bits per heavy atom. The molecule has 5 heteroatoms. The Morgan fingerprint density at radius 2 is 1.95 bits per heavy atom. The van der Waals surface area contributed by atoms with Crippen molar-refractivity contribution in [3.63, 3.8) is 0 Å². The molecule has 0 aliphatic heterocycles. The standard InChI is InChI=1S/C16H17NO3S/c1-12(20-16(19)14-8-5-11-21-14)15(18)17-10-9-13-6-3-2-4-7-13/h2-8,11-12H,9-10H2,1H3,(H,17,18)/t12-/m0/s1. The molecule has 0 saturated carbocycles. The van der Waals surface area contributed by atoms with E-state index in [1.807, 2.05) is 30.3 Å². The zero-order chi connectivity index (χ0) is 15.1. The predicted octanol–water partition coefficient (Wildman–Crippen LogP) is 2.65. The summed E-state index contributed by atoms with van der Waals surface area (Å²) in [5.74, 6) is -0.744. The van der Waals surface area contributed by atoms with Crippen LogP contribution in [0.4, 0.5) is 0 Å². The third-order valence-electron chi connectivity index (χ3n) is 2.93. The van der Waals surface area contributed by atoms with Crippen LogP contribution in [0.5, 0.6) is 0 Å². The average molecular weight is 303 g/mol. The molecule has 1 amide bonds. The second-order valence-corrected chi connectivity index (χ2v) is 5.50. The highest BCUT2D eigenvalue weighted by Gasteiger charge is 2.18. The fraction of sp³-hybridized carbons (Fsp3) is 0.250. The number of hydrogen-bond donors (Lipinski definition) is 1. The second kappa shape index (κ2) is 7.59. The zero-order valence-corrected chi connectivity index (χ0v) is 12.6. The van der Waals surface area contributed by atoms with Crippen molar-refractivity contribution in [1.82, 2.24) is 5.32 Å². The van der Waals surface area contributed by atoms with Crippen LogP contribution in [0.3, 0.4) is 0 Å². The summed E-state index contributed by atoms with van der Waals surface area (Å²) in [6, 6.07) is 13.3. The topological polar surface area (TPSA) is 55.4 Å². The van der Waals surface area contributed by atoms with Crippen molar-refractivity contribution >= 4 is 23.2 Å². The molecule has 1 aromatic carbocycles. The first-order valence-electron chi connectivity index (χ1n) is 6.73. The lowest BCUT2D eigenvalue weighted by Gasteiger charge is -2.12. The molecule has 0 bridgehead atoms. The van der Waals surface area contributed by atoms with Gasteiger partial charge in [-0.05, 0) is 30.4 Å². The molecule has 0 fully saturated rings. The number of thiophene rings is 1. The van der Waals surface area contributed by atoms with Gasteiger partial charge in [0.2, 0.25) is 0 Å². The van der Waals surface area contributed by atoms with Crippen molar-refractivity contribution in [1.29, 1.82) is 0 Å². The number of esters is 1. The van der Waals surface area contributed by atoms with E-state index in [1.165, 1.54) is 11.3 Å².